The third-order valence-electron chi connectivity index (χ3n) is 4.99. The number of carboxylic acids is 1. The predicted molar refractivity (Wildman–Crippen MR) is 113 cm³/mol. The maximum Gasteiger partial charge on any atom is 0.352 e. The van der Waals surface area contributed by atoms with E-state index in [0.717, 1.165) is 42.1 Å². The molecule has 0 saturated heterocycles. The van der Waals surface area contributed by atoms with Crippen molar-refractivity contribution in [3.8, 4) is 0 Å². The number of benzene rings is 1. The molecule has 0 saturated carbocycles. The fraction of sp³-hybridized carbons (Fsp3) is 0.409. The number of aromatic nitrogens is 1. The molecule has 0 unspecified atom stereocenters. The van der Waals surface area contributed by atoms with Crippen LogP contribution in [0.2, 0.25) is 25.7 Å². The van der Waals surface area contributed by atoms with Crippen molar-refractivity contribution in [1.82, 2.24) is 4.57 Å². The summed E-state index contributed by atoms with van der Waals surface area (Å²) in [5, 5.41) is 9.69. The molecule has 3 rings (SSSR count). The van der Waals surface area contributed by atoms with Crippen LogP contribution in [0.15, 0.2) is 36.4 Å². The molecule has 0 spiro atoms. The van der Waals surface area contributed by atoms with Crippen molar-refractivity contribution >= 4 is 25.7 Å². The Morgan fingerprint density at radius 3 is 2.63 bits per heavy atom. The molecule has 0 amide bonds. The second-order valence-electron chi connectivity index (χ2n) is 8.40. The van der Waals surface area contributed by atoms with Crippen LogP contribution in [0.25, 0.3) is 11.6 Å². The largest absolute Gasteiger partial charge is 0.477 e. The summed E-state index contributed by atoms with van der Waals surface area (Å²) in [6, 6.07) is 13.1. The zero-order valence-electron chi connectivity index (χ0n) is 16.5. The Kier molecular flexibility index (Phi) is 6.02. The molecule has 1 aromatic carbocycles. The maximum absolute atomic E-state index is 11.8. The minimum absolute atomic E-state index is 0.320. The molecule has 27 heavy (non-hydrogen) atoms. The summed E-state index contributed by atoms with van der Waals surface area (Å²) >= 11 is 0. The highest BCUT2D eigenvalue weighted by molar-refractivity contribution is 6.76. The van der Waals surface area contributed by atoms with Crippen LogP contribution >= 0.6 is 0 Å². The van der Waals surface area contributed by atoms with Gasteiger partial charge in [0.1, 0.15) is 12.4 Å². The molecule has 0 radical (unpaired) electrons. The van der Waals surface area contributed by atoms with Crippen LogP contribution in [0.3, 0.4) is 0 Å². The quantitative estimate of drug-likeness (QED) is 0.516. The number of ether oxygens (including phenoxy) is 1. The average Bonchev–Trinajstić information content (AvgIpc) is 2.99. The lowest BCUT2D eigenvalue weighted by molar-refractivity contribution is 0.0616. The van der Waals surface area contributed by atoms with E-state index in [1.54, 1.807) is 0 Å². The Morgan fingerprint density at radius 2 is 1.96 bits per heavy atom. The van der Waals surface area contributed by atoms with Gasteiger partial charge >= 0.3 is 5.97 Å². The molecular weight excluding hydrogens is 354 g/mol. The fourth-order valence-corrected chi connectivity index (χ4v) is 4.23. The number of nitrogens with zero attached hydrogens (tertiary/aromatic N) is 1. The van der Waals surface area contributed by atoms with Crippen LogP contribution in [-0.2, 0) is 17.9 Å². The second-order valence-corrected chi connectivity index (χ2v) is 14.0. The number of fused-ring (bicyclic) bond motifs is 1. The molecule has 5 heteroatoms. The highest BCUT2D eigenvalue weighted by Gasteiger charge is 2.24. The van der Waals surface area contributed by atoms with Gasteiger partial charge in [0, 0.05) is 20.4 Å². The van der Waals surface area contributed by atoms with E-state index in [4.69, 9.17) is 4.74 Å². The van der Waals surface area contributed by atoms with E-state index in [1.165, 1.54) is 5.57 Å². The molecule has 1 aliphatic rings. The smallest absolute Gasteiger partial charge is 0.352 e. The minimum Gasteiger partial charge on any atom is -0.477 e. The molecule has 2 aromatic rings. The van der Waals surface area contributed by atoms with Gasteiger partial charge in [0.2, 0.25) is 0 Å². The third kappa shape index (κ3) is 4.99. The highest BCUT2D eigenvalue weighted by Crippen LogP contribution is 2.35. The van der Waals surface area contributed by atoms with Gasteiger partial charge in [-0.05, 0) is 48.1 Å². The van der Waals surface area contributed by atoms with E-state index in [-0.39, 0.29) is 0 Å². The van der Waals surface area contributed by atoms with E-state index in [9.17, 15) is 9.90 Å². The normalized spacial score (nSPS) is 15.7. The summed E-state index contributed by atoms with van der Waals surface area (Å²) in [5.74, 6) is -0.891. The van der Waals surface area contributed by atoms with E-state index >= 15 is 0 Å². The summed E-state index contributed by atoms with van der Waals surface area (Å²) in [6.07, 6.45) is 5.08. The number of allylic oxidation sites excluding steroid dienone is 1. The number of carboxylic acid groups (broad SMARTS) is 1. The summed E-state index contributed by atoms with van der Waals surface area (Å²) < 4.78 is 7.74. The third-order valence-corrected chi connectivity index (χ3v) is 6.69. The lowest BCUT2D eigenvalue weighted by Crippen LogP contribution is -2.22. The molecule has 0 fully saturated rings. The lowest BCUT2D eigenvalue weighted by Gasteiger charge is -2.20. The van der Waals surface area contributed by atoms with Crippen molar-refractivity contribution in [3.63, 3.8) is 0 Å². The first-order chi connectivity index (χ1) is 12.8. The highest BCUT2D eigenvalue weighted by atomic mass is 28.3. The number of carbonyl (C=O) groups is 1. The Hall–Kier alpha value is -2.11. The summed E-state index contributed by atoms with van der Waals surface area (Å²) in [5.41, 5.74) is 4.85. The Bertz CT molecular complexity index is 831. The van der Waals surface area contributed by atoms with Gasteiger partial charge in [0.25, 0.3) is 0 Å². The SMILES string of the molecule is C[Si](C)(C)CCOCn1c(C(=O)O)cc2c1CCCC2=Cc1ccccc1. The first kappa shape index (κ1) is 19.6. The standard InChI is InChI=1S/C22H29NO3Si/c1-27(2,3)13-12-26-16-23-20-11-7-10-18(14-17-8-5-4-6-9-17)19(20)15-21(23)22(24)25/h4-6,8-9,14-15H,7,10-13,16H2,1-3H3,(H,24,25). The van der Waals surface area contributed by atoms with Gasteiger partial charge in [-0.1, -0.05) is 56.0 Å². The zero-order valence-corrected chi connectivity index (χ0v) is 17.5. The van der Waals surface area contributed by atoms with Crippen LogP contribution in [0.1, 0.15) is 40.2 Å². The molecule has 0 bridgehead atoms. The lowest BCUT2D eigenvalue weighted by atomic mass is 9.91. The van der Waals surface area contributed by atoms with Gasteiger partial charge < -0.3 is 14.4 Å². The van der Waals surface area contributed by atoms with Crippen LogP contribution < -0.4 is 0 Å². The van der Waals surface area contributed by atoms with Crippen molar-refractivity contribution in [2.45, 2.75) is 51.7 Å². The van der Waals surface area contributed by atoms with Crippen LogP contribution in [0, 0.1) is 0 Å². The van der Waals surface area contributed by atoms with Crippen molar-refractivity contribution in [2.24, 2.45) is 0 Å². The molecule has 0 aliphatic heterocycles. The van der Waals surface area contributed by atoms with Gasteiger partial charge in [0.15, 0.2) is 0 Å². The van der Waals surface area contributed by atoms with Gasteiger partial charge in [-0.25, -0.2) is 4.79 Å². The van der Waals surface area contributed by atoms with E-state index in [1.807, 2.05) is 28.8 Å². The van der Waals surface area contributed by atoms with Crippen LogP contribution in [-0.4, -0.2) is 30.3 Å². The van der Waals surface area contributed by atoms with Crippen molar-refractivity contribution in [3.05, 3.63) is 58.9 Å². The van der Waals surface area contributed by atoms with E-state index in [0.29, 0.717) is 19.0 Å². The topological polar surface area (TPSA) is 51.5 Å². The van der Waals surface area contributed by atoms with Gasteiger partial charge in [-0.15, -0.1) is 0 Å². The molecule has 1 N–H and O–H groups in total. The fourth-order valence-electron chi connectivity index (χ4n) is 3.48. The van der Waals surface area contributed by atoms with Crippen LogP contribution in [0.4, 0.5) is 0 Å². The second kappa shape index (κ2) is 8.27. The molecule has 1 aliphatic carbocycles. The molecule has 1 heterocycles. The van der Waals surface area contributed by atoms with Crippen molar-refractivity contribution in [1.29, 1.82) is 0 Å². The zero-order chi connectivity index (χ0) is 19.4. The first-order valence-corrected chi connectivity index (χ1v) is 13.4. The molecule has 0 atom stereocenters. The monoisotopic (exact) mass is 383 g/mol. The van der Waals surface area contributed by atoms with Gasteiger partial charge in [-0.2, -0.15) is 0 Å². The average molecular weight is 384 g/mol. The molecule has 144 valence electrons. The summed E-state index contributed by atoms with van der Waals surface area (Å²) in [6.45, 7) is 7.96. The van der Waals surface area contributed by atoms with E-state index < -0.39 is 14.0 Å². The molecular formula is C22H29NO3Si. The summed E-state index contributed by atoms with van der Waals surface area (Å²) in [7, 11) is -1.16. The number of aromatic carboxylic acids is 1. The van der Waals surface area contributed by atoms with Crippen molar-refractivity contribution in [2.75, 3.05) is 6.61 Å². The van der Waals surface area contributed by atoms with Gasteiger partial charge in [0.05, 0.1) is 0 Å². The van der Waals surface area contributed by atoms with Crippen LogP contribution in [0.5, 0.6) is 0 Å². The van der Waals surface area contributed by atoms with Crippen molar-refractivity contribution < 1.29 is 14.6 Å². The minimum atomic E-state index is -1.16. The first-order valence-electron chi connectivity index (χ1n) is 9.64. The Morgan fingerprint density at radius 1 is 1.22 bits per heavy atom. The van der Waals surface area contributed by atoms with E-state index in [2.05, 4.69) is 37.8 Å². The molecule has 1 aromatic heterocycles. The Balaban J connectivity index is 1.87. The van der Waals surface area contributed by atoms with Gasteiger partial charge in [-0.3, -0.25) is 0 Å². The number of hydrogen-bond acceptors (Lipinski definition) is 2. The molecule has 4 nitrogen and oxygen atoms in total. The summed E-state index contributed by atoms with van der Waals surface area (Å²) in [4.78, 5) is 11.8. The predicted octanol–water partition coefficient (Wildman–Crippen LogP) is 5.38. The maximum atomic E-state index is 11.8. The number of rotatable bonds is 7. The Labute approximate surface area is 162 Å². The number of hydrogen-bond donors (Lipinski definition) is 1.